The Kier molecular flexibility index (Phi) is 2.77. The van der Waals surface area contributed by atoms with Crippen LogP contribution in [-0.2, 0) is 6.42 Å². The second-order valence-corrected chi connectivity index (χ2v) is 4.56. The maximum atomic E-state index is 8.81. The van der Waals surface area contributed by atoms with Gasteiger partial charge in [0.15, 0.2) is 0 Å². The number of hydrogen-bond acceptors (Lipinski definition) is 2. The molecule has 0 aliphatic heterocycles. The van der Waals surface area contributed by atoms with E-state index in [1.807, 2.05) is 55.6 Å². The molecular weight excluding hydrogens is 234 g/mol. The first kappa shape index (κ1) is 11.5. The van der Waals surface area contributed by atoms with Crippen molar-refractivity contribution in [2.24, 2.45) is 0 Å². The van der Waals surface area contributed by atoms with E-state index >= 15 is 0 Å². The molecule has 0 fully saturated rings. The van der Waals surface area contributed by atoms with Crippen molar-refractivity contribution in [3.8, 4) is 6.07 Å². The van der Waals surface area contributed by atoms with Gasteiger partial charge in [0.25, 0.3) is 0 Å². The highest BCUT2D eigenvalue weighted by atomic mass is 15.0. The molecule has 0 aliphatic carbocycles. The predicted octanol–water partition coefficient (Wildman–Crippen LogP) is 3.11. The molecule has 0 atom stereocenters. The summed E-state index contributed by atoms with van der Waals surface area (Å²) in [7, 11) is 0. The zero-order valence-corrected chi connectivity index (χ0v) is 10.7. The standard InChI is InChI=1S/C16H13N3/c1-12-15(19-9-3-2-4-16(19)18-12)10-13-5-7-14(11-17)8-6-13/h2-9H,10H2,1H3. The molecule has 0 saturated carbocycles. The van der Waals surface area contributed by atoms with Crippen molar-refractivity contribution in [2.45, 2.75) is 13.3 Å². The number of aromatic nitrogens is 2. The average molecular weight is 247 g/mol. The predicted molar refractivity (Wildman–Crippen MR) is 73.9 cm³/mol. The highest BCUT2D eigenvalue weighted by molar-refractivity contribution is 5.44. The zero-order chi connectivity index (χ0) is 13.2. The van der Waals surface area contributed by atoms with Gasteiger partial charge in [-0.3, -0.25) is 0 Å². The quantitative estimate of drug-likeness (QED) is 0.698. The zero-order valence-electron chi connectivity index (χ0n) is 10.7. The molecule has 0 bridgehead atoms. The lowest BCUT2D eigenvalue weighted by atomic mass is 10.1. The van der Waals surface area contributed by atoms with E-state index in [4.69, 9.17) is 5.26 Å². The second kappa shape index (κ2) is 4.58. The van der Waals surface area contributed by atoms with Crippen molar-refractivity contribution in [3.05, 3.63) is 71.2 Å². The molecule has 0 amide bonds. The minimum Gasteiger partial charge on any atom is -0.303 e. The number of nitriles is 1. The summed E-state index contributed by atoms with van der Waals surface area (Å²) in [5.41, 5.74) is 5.10. The summed E-state index contributed by atoms with van der Waals surface area (Å²) in [6.45, 7) is 2.03. The van der Waals surface area contributed by atoms with Crippen LogP contribution in [0.25, 0.3) is 5.65 Å². The number of nitrogens with zero attached hydrogens (tertiary/aromatic N) is 3. The van der Waals surface area contributed by atoms with Gasteiger partial charge in [-0.05, 0) is 36.8 Å². The molecule has 0 aliphatic rings. The van der Waals surface area contributed by atoms with E-state index in [0.717, 1.165) is 17.8 Å². The van der Waals surface area contributed by atoms with E-state index in [-0.39, 0.29) is 0 Å². The van der Waals surface area contributed by atoms with Crippen molar-refractivity contribution < 1.29 is 0 Å². The second-order valence-electron chi connectivity index (χ2n) is 4.56. The first-order valence-electron chi connectivity index (χ1n) is 6.19. The van der Waals surface area contributed by atoms with Gasteiger partial charge in [-0.25, -0.2) is 4.98 Å². The van der Waals surface area contributed by atoms with Gasteiger partial charge >= 0.3 is 0 Å². The van der Waals surface area contributed by atoms with E-state index in [9.17, 15) is 0 Å². The maximum absolute atomic E-state index is 8.81. The van der Waals surface area contributed by atoms with Crippen LogP contribution in [0.3, 0.4) is 0 Å². The summed E-state index contributed by atoms with van der Waals surface area (Å²) in [6.07, 6.45) is 2.86. The highest BCUT2D eigenvalue weighted by Gasteiger charge is 2.08. The summed E-state index contributed by atoms with van der Waals surface area (Å²) in [4.78, 5) is 4.55. The number of imidazole rings is 1. The van der Waals surface area contributed by atoms with Crippen molar-refractivity contribution >= 4 is 5.65 Å². The Bertz CT molecular complexity index is 761. The first-order valence-corrected chi connectivity index (χ1v) is 6.19. The summed E-state index contributed by atoms with van der Waals surface area (Å²) in [6, 6.07) is 15.9. The number of rotatable bonds is 2. The SMILES string of the molecule is Cc1nc2ccccn2c1Cc1ccc(C#N)cc1. The Morgan fingerprint density at radius 2 is 1.95 bits per heavy atom. The Balaban J connectivity index is 2.00. The van der Waals surface area contributed by atoms with Crippen LogP contribution in [-0.4, -0.2) is 9.38 Å². The summed E-state index contributed by atoms with van der Waals surface area (Å²) >= 11 is 0. The van der Waals surface area contributed by atoms with Crippen LogP contribution in [0.15, 0.2) is 48.7 Å². The van der Waals surface area contributed by atoms with Crippen LogP contribution in [0.5, 0.6) is 0 Å². The lowest BCUT2D eigenvalue weighted by molar-refractivity contribution is 1.01. The van der Waals surface area contributed by atoms with Crippen molar-refractivity contribution in [1.29, 1.82) is 5.26 Å². The van der Waals surface area contributed by atoms with Gasteiger partial charge in [-0.1, -0.05) is 18.2 Å². The van der Waals surface area contributed by atoms with Crippen LogP contribution in [0.1, 0.15) is 22.5 Å². The lowest BCUT2D eigenvalue weighted by Crippen LogP contribution is -1.96. The summed E-state index contributed by atoms with van der Waals surface area (Å²) in [5.74, 6) is 0. The molecule has 3 rings (SSSR count). The smallest absolute Gasteiger partial charge is 0.137 e. The number of benzene rings is 1. The molecule has 2 heterocycles. The third-order valence-electron chi connectivity index (χ3n) is 3.28. The van der Waals surface area contributed by atoms with E-state index in [0.29, 0.717) is 5.56 Å². The summed E-state index contributed by atoms with van der Waals surface area (Å²) < 4.78 is 2.12. The fourth-order valence-electron chi connectivity index (χ4n) is 2.27. The summed E-state index contributed by atoms with van der Waals surface area (Å²) in [5, 5.41) is 8.81. The van der Waals surface area contributed by atoms with E-state index < -0.39 is 0 Å². The molecule has 0 unspecified atom stereocenters. The van der Waals surface area contributed by atoms with Gasteiger partial charge in [-0.2, -0.15) is 5.26 Å². The molecule has 92 valence electrons. The fraction of sp³-hybridized carbons (Fsp3) is 0.125. The Morgan fingerprint density at radius 3 is 2.68 bits per heavy atom. The molecule has 0 N–H and O–H groups in total. The number of aryl methyl sites for hydroxylation is 1. The number of fused-ring (bicyclic) bond motifs is 1. The first-order chi connectivity index (χ1) is 9.28. The molecule has 19 heavy (non-hydrogen) atoms. The van der Waals surface area contributed by atoms with Crippen LogP contribution < -0.4 is 0 Å². The van der Waals surface area contributed by atoms with Gasteiger partial charge in [0.2, 0.25) is 0 Å². The van der Waals surface area contributed by atoms with Gasteiger partial charge in [0.1, 0.15) is 5.65 Å². The fourth-order valence-corrected chi connectivity index (χ4v) is 2.27. The van der Waals surface area contributed by atoms with E-state index in [1.165, 1.54) is 11.3 Å². The molecule has 3 nitrogen and oxygen atoms in total. The van der Waals surface area contributed by atoms with E-state index in [1.54, 1.807) is 0 Å². The lowest BCUT2D eigenvalue weighted by Gasteiger charge is -2.03. The largest absolute Gasteiger partial charge is 0.303 e. The molecule has 3 aromatic rings. The van der Waals surface area contributed by atoms with Crippen LogP contribution >= 0.6 is 0 Å². The van der Waals surface area contributed by atoms with Gasteiger partial charge in [0, 0.05) is 18.3 Å². The maximum Gasteiger partial charge on any atom is 0.137 e. The third kappa shape index (κ3) is 2.09. The average Bonchev–Trinajstić information content (AvgIpc) is 2.76. The highest BCUT2D eigenvalue weighted by Crippen LogP contribution is 2.16. The molecule has 2 aromatic heterocycles. The molecule has 3 heteroatoms. The topological polar surface area (TPSA) is 41.1 Å². The Labute approximate surface area is 111 Å². The third-order valence-corrected chi connectivity index (χ3v) is 3.28. The van der Waals surface area contributed by atoms with Crippen molar-refractivity contribution in [2.75, 3.05) is 0 Å². The molecular formula is C16H13N3. The Hall–Kier alpha value is -2.60. The van der Waals surface area contributed by atoms with Crippen molar-refractivity contribution in [1.82, 2.24) is 9.38 Å². The molecule has 0 saturated heterocycles. The molecule has 0 radical (unpaired) electrons. The van der Waals surface area contributed by atoms with Crippen LogP contribution in [0.2, 0.25) is 0 Å². The monoisotopic (exact) mass is 247 g/mol. The minimum atomic E-state index is 0.693. The normalized spacial score (nSPS) is 10.5. The van der Waals surface area contributed by atoms with Crippen LogP contribution in [0.4, 0.5) is 0 Å². The molecule has 0 spiro atoms. The Morgan fingerprint density at radius 1 is 1.16 bits per heavy atom. The van der Waals surface area contributed by atoms with Gasteiger partial charge < -0.3 is 4.40 Å². The number of hydrogen-bond donors (Lipinski definition) is 0. The van der Waals surface area contributed by atoms with Crippen LogP contribution in [0, 0.1) is 18.3 Å². The van der Waals surface area contributed by atoms with Crippen molar-refractivity contribution in [3.63, 3.8) is 0 Å². The van der Waals surface area contributed by atoms with E-state index in [2.05, 4.69) is 15.5 Å². The minimum absolute atomic E-state index is 0.693. The molecule has 1 aromatic carbocycles. The van der Waals surface area contributed by atoms with Gasteiger partial charge in [0.05, 0.1) is 17.3 Å². The van der Waals surface area contributed by atoms with Gasteiger partial charge in [-0.15, -0.1) is 0 Å². The number of pyridine rings is 1.